The molecule has 0 radical (unpaired) electrons. The van der Waals surface area contributed by atoms with Gasteiger partial charge in [0.2, 0.25) is 0 Å². The smallest absolute Gasteiger partial charge is 0.339 e. The monoisotopic (exact) mass is 287 g/mol. The average molecular weight is 287 g/mol. The number of carbonyl (C=O) groups excluding carboxylic acids is 1. The normalized spacial score (nSPS) is 10.3. The van der Waals surface area contributed by atoms with E-state index in [-0.39, 0.29) is 0 Å². The summed E-state index contributed by atoms with van der Waals surface area (Å²) in [5.41, 5.74) is 9.14. The number of methoxy groups -OCH3 is 1. The number of rotatable bonds is 3. The number of nitrogens with two attached hydrogens (primary N) is 1. The van der Waals surface area contributed by atoms with E-state index in [0.29, 0.717) is 11.3 Å². The first-order valence-electron chi connectivity index (χ1n) is 6.24. The van der Waals surface area contributed by atoms with Crippen LogP contribution in [-0.2, 0) is 4.74 Å². The Morgan fingerprint density at radius 1 is 1.05 bits per heavy atom. The zero-order valence-electron chi connectivity index (χ0n) is 11.8. The molecule has 0 bridgehead atoms. The molecule has 0 spiro atoms. The highest BCUT2D eigenvalue weighted by Gasteiger charge is 2.11. The fourth-order valence-electron chi connectivity index (χ4n) is 1.80. The van der Waals surface area contributed by atoms with Gasteiger partial charge in [0.05, 0.1) is 12.7 Å². The van der Waals surface area contributed by atoms with Gasteiger partial charge in [-0.05, 0) is 55.3 Å². The Labute approximate surface area is 123 Å². The number of esters is 1. The van der Waals surface area contributed by atoms with Gasteiger partial charge in [-0.3, -0.25) is 0 Å². The Bertz CT molecular complexity index is 653. The molecule has 0 saturated carbocycles. The summed E-state index contributed by atoms with van der Waals surface area (Å²) < 4.78 is 4.73. The number of aryl methyl sites for hydroxylation is 2. The first kappa shape index (κ1) is 14.5. The molecule has 0 aliphatic rings. The molecular weight excluding hydrogens is 270 g/mol. The number of hydrogen-bond donors (Lipinski definition) is 1. The van der Waals surface area contributed by atoms with E-state index in [2.05, 4.69) is 32.0 Å². The summed E-state index contributed by atoms with van der Waals surface area (Å²) in [7, 11) is 1.35. The van der Waals surface area contributed by atoms with Crippen molar-refractivity contribution in [3.8, 4) is 0 Å². The Hall–Kier alpha value is -1.94. The standard InChI is InChI=1S/C16H17NO2S/c1-10-4-5-12(8-11(10)2)20-13-6-7-15(17)14(9-13)16(18)19-3/h4-9H,17H2,1-3H3. The molecule has 0 aliphatic heterocycles. The van der Waals surface area contributed by atoms with Crippen LogP contribution in [0.3, 0.4) is 0 Å². The fraction of sp³-hybridized carbons (Fsp3) is 0.188. The number of hydrogen-bond acceptors (Lipinski definition) is 4. The van der Waals surface area contributed by atoms with Crippen LogP contribution in [0.5, 0.6) is 0 Å². The van der Waals surface area contributed by atoms with E-state index in [1.54, 1.807) is 23.9 Å². The third-order valence-corrected chi connectivity index (χ3v) is 4.12. The maximum absolute atomic E-state index is 11.6. The van der Waals surface area contributed by atoms with Gasteiger partial charge in [0.25, 0.3) is 0 Å². The quantitative estimate of drug-likeness (QED) is 0.688. The summed E-state index contributed by atoms with van der Waals surface area (Å²) in [6.07, 6.45) is 0. The van der Waals surface area contributed by atoms with Crippen molar-refractivity contribution in [3.05, 3.63) is 53.1 Å². The van der Waals surface area contributed by atoms with Gasteiger partial charge in [-0.2, -0.15) is 0 Å². The van der Waals surface area contributed by atoms with Crippen molar-refractivity contribution in [3.63, 3.8) is 0 Å². The van der Waals surface area contributed by atoms with Gasteiger partial charge < -0.3 is 10.5 Å². The minimum absolute atomic E-state index is 0.404. The summed E-state index contributed by atoms with van der Waals surface area (Å²) in [6.45, 7) is 4.17. The van der Waals surface area contributed by atoms with Crippen LogP contribution in [0.15, 0.2) is 46.2 Å². The predicted octanol–water partition coefficient (Wildman–Crippen LogP) is 3.82. The first-order chi connectivity index (χ1) is 9.51. The van der Waals surface area contributed by atoms with Gasteiger partial charge in [0.1, 0.15) is 0 Å². The van der Waals surface area contributed by atoms with Crippen LogP contribution < -0.4 is 5.73 Å². The lowest BCUT2D eigenvalue weighted by molar-refractivity contribution is 0.0601. The number of anilines is 1. The van der Waals surface area contributed by atoms with Crippen LogP contribution in [0.1, 0.15) is 21.5 Å². The summed E-state index contributed by atoms with van der Waals surface area (Å²) in [5, 5.41) is 0. The highest BCUT2D eigenvalue weighted by Crippen LogP contribution is 2.31. The SMILES string of the molecule is COC(=O)c1cc(Sc2ccc(C)c(C)c2)ccc1N. The molecule has 4 heteroatoms. The van der Waals surface area contributed by atoms with Crippen molar-refractivity contribution in [2.75, 3.05) is 12.8 Å². The highest BCUT2D eigenvalue weighted by molar-refractivity contribution is 7.99. The van der Waals surface area contributed by atoms with Crippen LogP contribution in [0, 0.1) is 13.8 Å². The van der Waals surface area contributed by atoms with E-state index >= 15 is 0 Å². The van der Waals surface area contributed by atoms with E-state index in [4.69, 9.17) is 10.5 Å². The molecule has 0 atom stereocenters. The molecule has 0 amide bonds. The van der Waals surface area contributed by atoms with Gasteiger partial charge in [-0.25, -0.2) is 4.79 Å². The maximum Gasteiger partial charge on any atom is 0.339 e. The Morgan fingerprint density at radius 3 is 2.35 bits per heavy atom. The predicted molar refractivity (Wildman–Crippen MR) is 82.2 cm³/mol. The van der Waals surface area contributed by atoms with Gasteiger partial charge >= 0.3 is 5.97 Å². The third kappa shape index (κ3) is 3.14. The molecule has 0 aromatic heterocycles. The summed E-state index contributed by atoms with van der Waals surface area (Å²) in [5.74, 6) is -0.412. The fourth-order valence-corrected chi connectivity index (χ4v) is 2.76. The van der Waals surface area contributed by atoms with E-state index < -0.39 is 5.97 Å². The van der Waals surface area contributed by atoms with E-state index in [9.17, 15) is 4.79 Å². The second kappa shape index (κ2) is 6.01. The van der Waals surface area contributed by atoms with E-state index in [0.717, 1.165) is 9.79 Å². The Balaban J connectivity index is 2.29. The second-order valence-corrected chi connectivity index (χ2v) is 5.74. The van der Waals surface area contributed by atoms with Gasteiger partial charge in [0, 0.05) is 15.5 Å². The minimum Gasteiger partial charge on any atom is -0.465 e. The lowest BCUT2D eigenvalue weighted by Crippen LogP contribution is -2.05. The summed E-state index contributed by atoms with van der Waals surface area (Å²) in [6, 6.07) is 11.7. The molecule has 2 aromatic carbocycles. The van der Waals surface area contributed by atoms with Crippen LogP contribution in [-0.4, -0.2) is 13.1 Å². The van der Waals surface area contributed by atoms with Crippen LogP contribution in [0.4, 0.5) is 5.69 Å². The van der Waals surface area contributed by atoms with Crippen molar-refractivity contribution in [1.82, 2.24) is 0 Å². The van der Waals surface area contributed by atoms with Crippen LogP contribution >= 0.6 is 11.8 Å². The zero-order valence-corrected chi connectivity index (χ0v) is 12.6. The molecule has 104 valence electrons. The lowest BCUT2D eigenvalue weighted by Gasteiger charge is -2.08. The molecule has 2 rings (SSSR count). The van der Waals surface area contributed by atoms with E-state index in [1.165, 1.54) is 18.2 Å². The molecule has 0 aliphatic carbocycles. The second-order valence-electron chi connectivity index (χ2n) is 4.59. The first-order valence-corrected chi connectivity index (χ1v) is 7.06. The van der Waals surface area contributed by atoms with Crippen molar-refractivity contribution < 1.29 is 9.53 Å². The molecule has 0 unspecified atom stereocenters. The largest absolute Gasteiger partial charge is 0.465 e. The van der Waals surface area contributed by atoms with Gasteiger partial charge in [-0.1, -0.05) is 17.8 Å². The minimum atomic E-state index is -0.412. The number of nitrogen functional groups attached to an aromatic ring is 1. The summed E-state index contributed by atoms with van der Waals surface area (Å²) >= 11 is 1.60. The molecule has 2 aromatic rings. The molecule has 0 saturated heterocycles. The van der Waals surface area contributed by atoms with Crippen LogP contribution in [0.25, 0.3) is 0 Å². The van der Waals surface area contributed by atoms with Crippen molar-refractivity contribution >= 4 is 23.4 Å². The highest BCUT2D eigenvalue weighted by atomic mass is 32.2. The van der Waals surface area contributed by atoms with Crippen molar-refractivity contribution in [1.29, 1.82) is 0 Å². The third-order valence-electron chi connectivity index (χ3n) is 3.14. The Kier molecular flexibility index (Phi) is 4.35. The Morgan fingerprint density at radius 2 is 1.70 bits per heavy atom. The summed E-state index contributed by atoms with van der Waals surface area (Å²) in [4.78, 5) is 13.7. The molecule has 3 nitrogen and oxygen atoms in total. The van der Waals surface area contributed by atoms with Crippen molar-refractivity contribution in [2.45, 2.75) is 23.6 Å². The molecular formula is C16H17NO2S. The van der Waals surface area contributed by atoms with E-state index in [1.807, 2.05) is 6.07 Å². The van der Waals surface area contributed by atoms with Gasteiger partial charge in [0.15, 0.2) is 0 Å². The number of benzene rings is 2. The van der Waals surface area contributed by atoms with Gasteiger partial charge in [-0.15, -0.1) is 0 Å². The van der Waals surface area contributed by atoms with Crippen LogP contribution in [0.2, 0.25) is 0 Å². The topological polar surface area (TPSA) is 52.3 Å². The number of carbonyl (C=O) groups is 1. The van der Waals surface area contributed by atoms with Crippen molar-refractivity contribution in [2.24, 2.45) is 0 Å². The maximum atomic E-state index is 11.6. The average Bonchev–Trinajstić information content (AvgIpc) is 2.44. The lowest BCUT2D eigenvalue weighted by atomic mass is 10.1. The molecule has 2 N–H and O–H groups in total. The molecule has 0 fully saturated rings. The zero-order chi connectivity index (χ0) is 14.7. The molecule has 0 heterocycles. The molecule has 20 heavy (non-hydrogen) atoms. The number of ether oxygens (including phenoxy) is 1.